The van der Waals surface area contributed by atoms with Gasteiger partial charge in [0.1, 0.15) is 5.82 Å². The molecule has 1 aliphatic heterocycles. The van der Waals surface area contributed by atoms with Crippen molar-refractivity contribution in [2.75, 3.05) is 12.4 Å². The van der Waals surface area contributed by atoms with Crippen LogP contribution in [0.25, 0.3) is 11.3 Å². The monoisotopic (exact) mass is 395 g/mol. The molecule has 1 aliphatic rings. The average molecular weight is 395 g/mol. The first-order valence-corrected chi connectivity index (χ1v) is 9.18. The maximum absolute atomic E-state index is 13.1. The van der Waals surface area contributed by atoms with Crippen LogP contribution in [0.4, 0.5) is 9.52 Å². The van der Waals surface area contributed by atoms with Crippen molar-refractivity contribution >= 4 is 34.2 Å². The predicted octanol–water partition coefficient (Wildman–Crippen LogP) is 3.74. The molecule has 3 aromatic rings. The zero-order valence-electron chi connectivity index (χ0n) is 14.9. The standard InChI is InChI=1S/C20H14FN3O3S/c1-10-16(11-3-6-13(21)7-4-11)22-20(28-10)23-17(25)12-5-8-14-15(9-12)19(27)24(2)18(14)26/h3-9H,1-2H3,(H,22,23,25). The first kappa shape index (κ1) is 18.0. The first-order chi connectivity index (χ1) is 13.3. The van der Waals surface area contributed by atoms with E-state index in [0.717, 1.165) is 15.3 Å². The molecule has 1 aromatic heterocycles. The minimum Gasteiger partial charge on any atom is -0.298 e. The molecular formula is C20H14FN3O3S. The number of fused-ring (bicyclic) bond motifs is 1. The van der Waals surface area contributed by atoms with Crippen LogP contribution in [0.5, 0.6) is 0 Å². The van der Waals surface area contributed by atoms with Gasteiger partial charge in [-0.25, -0.2) is 9.37 Å². The highest BCUT2D eigenvalue weighted by Gasteiger charge is 2.33. The Morgan fingerprint density at radius 3 is 2.46 bits per heavy atom. The fraction of sp³-hybridized carbons (Fsp3) is 0.100. The lowest BCUT2D eigenvalue weighted by molar-refractivity contribution is 0.0693. The van der Waals surface area contributed by atoms with Crippen LogP contribution >= 0.6 is 11.3 Å². The van der Waals surface area contributed by atoms with Crippen LogP contribution in [0.3, 0.4) is 0 Å². The number of hydrogen-bond acceptors (Lipinski definition) is 5. The number of anilines is 1. The number of rotatable bonds is 3. The fourth-order valence-corrected chi connectivity index (χ4v) is 3.83. The van der Waals surface area contributed by atoms with Gasteiger partial charge in [0.2, 0.25) is 0 Å². The van der Waals surface area contributed by atoms with Gasteiger partial charge >= 0.3 is 0 Å². The van der Waals surface area contributed by atoms with Crippen LogP contribution in [-0.4, -0.2) is 34.7 Å². The van der Waals surface area contributed by atoms with E-state index in [1.54, 1.807) is 12.1 Å². The summed E-state index contributed by atoms with van der Waals surface area (Å²) in [5.41, 5.74) is 2.17. The molecule has 0 atom stereocenters. The Morgan fingerprint density at radius 2 is 1.75 bits per heavy atom. The molecular weight excluding hydrogens is 381 g/mol. The molecule has 0 radical (unpaired) electrons. The Balaban J connectivity index is 1.58. The van der Waals surface area contributed by atoms with Gasteiger partial charge in [0, 0.05) is 23.1 Å². The van der Waals surface area contributed by atoms with E-state index >= 15 is 0 Å². The van der Waals surface area contributed by atoms with Crippen molar-refractivity contribution in [1.29, 1.82) is 0 Å². The minimum atomic E-state index is -0.433. The lowest BCUT2D eigenvalue weighted by Crippen LogP contribution is -2.24. The highest BCUT2D eigenvalue weighted by Crippen LogP contribution is 2.31. The highest BCUT2D eigenvalue weighted by molar-refractivity contribution is 7.16. The third kappa shape index (κ3) is 2.97. The van der Waals surface area contributed by atoms with Crippen molar-refractivity contribution in [3.63, 3.8) is 0 Å². The normalized spacial score (nSPS) is 13.0. The lowest BCUT2D eigenvalue weighted by Gasteiger charge is -2.03. The molecule has 0 fully saturated rings. The Hall–Kier alpha value is -3.39. The number of aromatic nitrogens is 1. The minimum absolute atomic E-state index is 0.211. The Morgan fingerprint density at radius 1 is 1.07 bits per heavy atom. The second-order valence-electron chi connectivity index (χ2n) is 6.31. The number of carbonyl (C=O) groups is 3. The Kier molecular flexibility index (Phi) is 4.27. The molecule has 28 heavy (non-hydrogen) atoms. The van der Waals surface area contributed by atoms with Crippen molar-refractivity contribution in [3.8, 4) is 11.3 Å². The van der Waals surface area contributed by atoms with Crippen molar-refractivity contribution in [1.82, 2.24) is 9.88 Å². The van der Waals surface area contributed by atoms with Crippen LogP contribution in [0.2, 0.25) is 0 Å². The summed E-state index contributed by atoms with van der Waals surface area (Å²) in [6.07, 6.45) is 0. The van der Waals surface area contributed by atoms with Gasteiger partial charge in [-0.3, -0.25) is 24.6 Å². The molecule has 0 unspecified atom stereocenters. The van der Waals surface area contributed by atoms with Gasteiger partial charge in [-0.1, -0.05) is 0 Å². The number of benzene rings is 2. The largest absolute Gasteiger partial charge is 0.298 e. The summed E-state index contributed by atoms with van der Waals surface area (Å²) in [6, 6.07) is 10.4. The number of nitrogens with zero attached hydrogens (tertiary/aromatic N) is 2. The second kappa shape index (κ2) is 6.65. The number of carbonyl (C=O) groups excluding carboxylic acids is 3. The quantitative estimate of drug-likeness (QED) is 0.686. The Labute approximate surface area is 163 Å². The summed E-state index contributed by atoms with van der Waals surface area (Å²) in [7, 11) is 1.40. The number of halogens is 1. The smallest absolute Gasteiger partial charge is 0.261 e. The van der Waals surface area contributed by atoms with Gasteiger partial charge in [0.05, 0.1) is 16.8 Å². The molecule has 6 nitrogen and oxygen atoms in total. The molecule has 0 spiro atoms. The van der Waals surface area contributed by atoms with Gasteiger partial charge in [0.25, 0.3) is 17.7 Å². The zero-order valence-corrected chi connectivity index (χ0v) is 15.8. The van der Waals surface area contributed by atoms with Crippen LogP contribution < -0.4 is 5.32 Å². The number of hydrogen-bond donors (Lipinski definition) is 1. The number of thiazole rings is 1. The molecule has 0 aliphatic carbocycles. The van der Waals surface area contributed by atoms with Crippen molar-refractivity contribution in [3.05, 3.63) is 69.8 Å². The second-order valence-corrected chi connectivity index (χ2v) is 7.52. The third-order valence-corrected chi connectivity index (χ3v) is 5.37. The van der Waals surface area contributed by atoms with E-state index in [0.29, 0.717) is 10.8 Å². The molecule has 4 rings (SSSR count). The number of imide groups is 1. The summed E-state index contributed by atoms with van der Waals surface area (Å²) < 4.78 is 13.1. The van der Waals surface area contributed by atoms with E-state index < -0.39 is 11.8 Å². The zero-order chi connectivity index (χ0) is 20.0. The molecule has 2 heterocycles. The van der Waals surface area contributed by atoms with E-state index in [4.69, 9.17) is 0 Å². The maximum Gasteiger partial charge on any atom is 0.261 e. The highest BCUT2D eigenvalue weighted by atomic mass is 32.1. The summed E-state index contributed by atoms with van der Waals surface area (Å²) in [6.45, 7) is 1.86. The molecule has 8 heteroatoms. The first-order valence-electron chi connectivity index (χ1n) is 8.36. The average Bonchev–Trinajstić information content (AvgIpc) is 3.15. The number of amides is 3. The predicted molar refractivity (Wildman–Crippen MR) is 103 cm³/mol. The number of nitrogens with one attached hydrogen (secondary N) is 1. The maximum atomic E-state index is 13.1. The molecule has 2 aromatic carbocycles. The van der Waals surface area contributed by atoms with Gasteiger partial charge in [-0.2, -0.15) is 0 Å². The molecule has 140 valence electrons. The van der Waals surface area contributed by atoms with Gasteiger partial charge in [-0.15, -0.1) is 11.3 Å². The van der Waals surface area contributed by atoms with Crippen LogP contribution in [0.1, 0.15) is 36.0 Å². The van der Waals surface area contributed by atoms with Gasteiger partial charge in [0.15, 0.2) is 5.13 Å². The lowest BCUT2D eigenvalue weighted by atomic mass is 10.1. The molecule has 0 bridgehead atoms. The SMILES string of the molecule is Cc1sc(NC(=O)c2ccc3c(c2)C(=O)N(C)C3=O)nc1-c1ccc(F)cc1. The van der Waals surface area contributed by atoms with Crippen LogP contribution in [0, 0.1) is 12.7 Å². The third-order valence-electron chi connectivity index (χ3n) is 4.49. The summed E-state index contributed by atoms with van der Waals surface area (Å²) in [4.78, 5) is 42.9. The van der Waals surface area contributed by atoms with Crippen molar-refractivity contribution < 1.29 is 18.8 Å². The van der Waals surface area contributed by atoms with Gasteiger partial charge in [-0.05, 0) is 49.4 Å². The van der Waals surface area contributed by atoms with Crippen LogP contribution in [0.15, 0.2) is 42.5 Å². The summed E-state index contributed by atoms with van der Waals surface area (Å²) in [5, 5.41) is 3.10. The van der Waals surface area contributed by atoms with E-state index in [1.165, 1.54) is 48.7 Å². The number of aryl methyl sites for hydroxylation is 1. The van der Waals surface area contributed by atoms with E-state index in [-0.39, 0.29) is 28.4 Å². The van der Waals surface area contributed by atoms with Crippen molar-refractivity contribution in [2.24, 2.45) is 0 Å². The van der Waals surface area contributed by atoms with Crippen molar-refractivity contribution in [2.45, 2.75) is 6.92 Å². The van der Waals surface area contributed by atoms with Crippen LogP contribution in [-0.2, 0) is 0 Å². The molecule has 0 saturated heterocycles. The van der Waals surface area contributed by atoms with E-state index in [9.17, 15) is 18.8 Å². The van der Waals surface area contributed by atoms with E-state index in [2.05, 4.69) is 10.3 Å². The van der Waals surface area contributed by atoms with Gasteiger partial charge < -0.3 is 0 Å². The summed E-state index contributed by atoms with van der Waals surface area (Å²) in [5.74, 6) is -1.58. The molecule has 0 saturated carbocycles. The Bertz CT molecular complexity index is 1140. The topological polar surface area (TPSA) is 79.4 Å². The molecule has 3 amide bonds. The van der Waals surface area contributed by atoms with E-state index in [1.807, 2.05) is 6.92 Å². The fourth-order valence-electron chi connectivity index (χ4n) is 3.00. The summed E-state index contributed by atoms with van der Waals surface area (Å²) >= 11 is 1.30. The molecule has 1 N–H and O–H groups in total.